The van der Waals surface area contributed by atoms with Gasteiger partial charge in [0.1, 0.15) is 0 Å². The van der Waals surface area contributed by atoms with Gasteiger partial charge in [-0.05, 0) is 25.2 Å². The molecule has 1 unspecified atom stereocenters. The number of hydrogen-bond donors (Lipinski definition) is 1. The molecular weight excluding hydrogens is 290 g/mol. The molecule has 0 radical (unpaired) electrons. The first-order valence-corrected chi connectivity index (χ1v) is 8.05. The molecule has 2 saturated heterocycles. The smallest absolute Gasteiger partial charge is 0.239 e. The Morgan fingerprint density at radius 3 is 2.43 bits per heavy atom. The number of likely N-dealkylation sites (tertiary alicyclic amines) is 1. The summed E-state index contributed by atoms with van der Waals surface area (Å²) in [6.07, 6.45) is 4.00. The number of nitrogens with zero attached hydrogens (tertiary/aromatic N) is 2. The van der Waals surface area contributed by atoms with Gasteiger partial charge >= 0.3 is 0 Å². The van der Waals surface area contributed by atoms with E-state index in [2.05, 4.69) is 11.8 Å². The number of rotatable bonds is 5. The Morgan fingerprint density at radius 1 is 1.24 bits per heavy atom. The Morgan fingerprint density at radius 2 is 1.86 bits per heavy atom. The van der Waals surface area contributed by atoms with Crippen LogP contribution in [0.4, 0.5) is 0 Å². The number of carbonyl (C=O) groups is 1. The van der Waals surface area contributed by atoms with Crippen LogP contribution in [0.25, 0.3) is 0 Å². The lowest BCUT2D eigenvalue weighted by atomic mass is 9.95. The summed E-state index contributed by atoms with van der Waals surface area (Å²) in [5, 5.41) is 0. The first-order chi connectivity index (χ1) is 9.70. The number of halogens is 1. The summed E-state index contributed by atoms with van der Waals surface area (Å²) < 4.78 is 5.38. The molecule has 2 aliphatic heterocycles. The van der Waals surface area contributed by atoms with Gasteiger partial charge in [-0.3, -0.25) is 9.69 Å². The lowest BCUT2D eigenvalue weighted by Gasteiger charge is -2.36. The van der Waals surface area contributed by atoms with Crippen molar-refractivity contribution in [3.63, 3.8) is 0 Å². The Bertz CT molecular complexity index is 303. The van der Waals surface area contributed by atoms with E-state index in [-0.39, 0.29) is 24.4 Å². The molecule has 2 fully saturated rings. The van der Waals surface area contributed by atoms with Crippen LogP contribution < -0.4 is 5.73 Å². The van der Waals surface area contributed by atoms with Crippen LogP contribution in [0, 0.1) is 5.92 Å². The number of morpholine rings is 1. The third-order valence-corrected chi connectivity index (χ3v) is 4.46. The molecule has 6 heteroatoms. The molecule has 5 nitrogen and oxygen atoms in total. The summed E-state index contributed by atoms with van der Waals surface area (Å²) in [5.74, 6) is 0.872. The number of amides is 1. The summed E-state index contributed by atoms with van der Waals surface area (Å²) in [6.45, 7) is 8.83. The zero-order chi connectivity index (χ0) is 14.4. The molecule has 0 aromatic carbocycles. The number of hydrogen-bond acceptors (Lipinski definition) is 4. The van der Waals surface area contributed by atoms with E-state index < -0.39 is 0 Å². The third-order valence-electron chi connectivity index (χ3n) is 4.46. The molecule has 0 aliphatic carbocycles. The van der Waals surface area contributed by atoms with Gasteiger partial charge in [0.2, 0.25) is 5.91 Å². The zero-order valence-electron chi connectivity index (χ0n) is 13.1. The highest BCUT2D eigenvalue weighted by atomic mass is 35.5. The van der Waals surface area contributed by atoms with Gasteiger partial charge < -0.3 is 15.4 Å². The monoisotopic (exact) mass is 319 g/mol. The Balaban J connectivity index is 0.00000220. The maximum atomic E-state index is 12.2. The fourth-order valence-electron chi connectivity index (χ4n) is 3.15. The molecule has 124 valence electrons. The number of piperidine rings is 1. The number of nitrogens with two attached hydrogens (primary N) is 1. The first kappa shape index (κ1) is 18.7. The largest absolute Gasteiger partial charge is 0.379 e. The molecule has 2 rings (SSSR count). The van der Waals surface area contributed by atoms with Gasteiger partial charge in [-0.2, -0.15) is 0 Å². The molecular formula is C15H30ClN3O2. The van der Waals surface area contributed by atoms with E-state index in [1.54, 1.807) is 0 Å². The van der Waals surface area contributed by atoms with Gasteiger partial charge in [0.05, 0.1) is 19.3 Å². The normalized spacial score (nSPS) is 22.7. The van der Waals surface area contributed by atoms with Crippen molar-refractivity contribution in [1.29, 1.82) is 0 Å². The summed E-state index contributed by atoms with van der Waals surface area (Å²) >= 11 is 0. The van der Waals surface area contributed by atoms with Gasteiger partial charge in [0, 0.05) is 32.7 Å². The van der Waals surface area contributed by atoms with Gasteiger partial charge in [0.25, 0.3) is 0 Å². The molecule has 1 amide bonds. The standard InChI is InChI=1S/C15H29N3O2.ClH/c1-2-3-14(16)15(19)18-6-4-13(5-7-18)12-17-8-10-20-11-9-17;/h13-14H,2-12,16H2,1H3;1H. The lowest BCUT2D eigenvalue weighted by molar-refractivity contribution is -0.134. The van der Waals surface area contributed by atoms with Crippen LogP contribution in [-0.2, 0) is 9.53 Å². The van der Waals surface area contributed by atoms with Crippen LogP contribution in [-0.4, -0.2) is 67.7 Å². The molecule has 2 N–H and O–H groups in total. The van der Waals surface area contributed by atoms with E-state index in [1.165, 1.54) is 0 Å². The Labute approximate surface area is 134 Å². The Kier molecular flexibility index (Phi) is 8.56. The minimum atomic E-state index is -0.296. The zero-order valence-corrected chi connectivity index (χ0v) is 13.9. The molecule has 2 aliphatic rings. The van der Waals surface area contributed by atoms with Crippen LogP contribution in [0.5, 0.6) is 0 Å². The summed E-state index contributed by atoms with van der Waals surface area (Å²) in [7, 11) is 0. The third kappa shape index (κ3) is 5.74. The topological polar surface area (TPSA) is 58.8 Å². The predicted octanol–water partition coefficient (Wildman–Crippen LogP) is 1.11. The van der Waals surface area contributed by atoms with Crippen molar-refractivity contribution >= 4 is 18.3 Å². The summed E-state index contributed by atoms with van der Waals surface area (Å²) in [5.41, 5.74) is 5.93. The molecule has 0 saturated carbocycles. The van der Waals surface area contributed by atoms with Crippen molar-refractivity contribution in [3.05, 3.63) is 0 Å². The number of carbonyl (C=O) groups excluding carboxylic acids is 1. The highest BCUT2D eigenvalue weighted by Crippen LogP contribution is 2.19. The van der Waals surface area contributed by atoms with Gasteiger partial charge in [-0.15, -0.1) is 12.4 Å². The average Bonchev–Trinajstić information content (AvgIpc) is 2.48. The first-order valence-electron chi connectivity index (χ1n) is 8.05. The minimum absolute atomic E-state index is 0. The Hall–Kier alpha value is -0.360. The van der Waals surface area contributed by atoms with Crippen molar-refractivity contribution in [2.45, 2.75) is 38.6 Å². The summed E-state index contributed by atoms with van der Waals surface area (Å²) in [4.78, 5) is 16.6. The van der Waals surface area contributed by atoms with Crippen molar-refractivity contribution in [2.24, 2.45) is 11.7 Å². The van der Waals surface area contributed by atoms with Gasteiger partial charge in [-0.25, -0.2) is 0 Å². The van der Waals surface area contributed by atoms with E-state index in [9.17, 15) is 4.79 Å². The minimum Gasteiger partial charge on any atom is -0.379 e. The maximum Gasteiger partial charge on any atom is 0.239 e. The average molecular weight is 320 g/mol. The fourth-order valence-corrected chi connectivity index (χ4v) is 3.15. The van der Waals surface area contributed by atoms with E-state index in [1.807, 2.05) is 4.90 Å². The van der Waals surface area contributed by atoms with E-state index in [4.69, 9.17) is 10.5 Å². The molecule has 0 bridgehead atoms. The van der Waals surface area contributed by atoms with E-state index in [0.29, 0.717) is 0 Å². The second-order valence-corrected chi connectivity index (χ2v) is 6.08. The van der Waals surface area contributed by atoms with Gasteiger partial charge in [-0.1, -0.05) is 13.3 Å². The summed E-state index contributed by atoms with van der Waals surface area (Å²) in [6, 6.07) is -0.296. The molecule has 0 spiro atoms. The molecule has 2 heterocycles. The van der Waals surface area contributed by atoms with Crippen molar-refractivity contribution < 1.29 is 9.53 Å². The van der Waals surface area contributed by atoms with Crippen molar-refractivity contribution in [2.75, 3.05) is 45.9 Å². The SMILES string of the molecule is CCCC(N)C(=O)N1CCC(CN2CCOCC2)CC1.Cl. The molecule has 0 aromatic rings. The van der Waals surface area contributed by atoms with Crippen LogP contribution in [0.2, 0.25) is 0 Å². The molecule has 1 atom stereocenters. The highest BCUT2D eigenvalue weighted by Gasteiger charge is 2.27. The van der Waals surface area contributed by atoms with Crippen LogP contribution in [0.1, 0.15) is 32.6 Å². The van der Waals surface area contributed by atoms with Gasteiger partial charge in [0.15, 0.2) is 0 Å². The highest BCUT2D eigenvalue weighted by molar-refractivity contribution is 5.85. The molecule has 0 aromatic heterocycles. The second kappa shape index (κ2) is 9.62. The van der Waals surface area contributed by atoms with Crippen LogP contribution in [0.15, 0.2) is 0 Å². The molecule has 21 heavy (non-hydrogen) atoms. The van der Waals surface area contributed by atoms with E-state index >= 15 is 0 Å². The maximum absolute atomic E-state index is 12.2. The predicted molar refractivity (Wildman–Crippen MR) is 86.7 cm³/mol. The van der Waals surface area contributed by atoms with Crippen LogP contribution in [0.3, 0.4) is 0 Å². The second-order valence-electron chi connectivity index (χ2n) is 6.08. The fraction of sp³-hybridized carbons (Fsp3) is 0.933. The lowest BCUT2D eigenvalue weighted by Crippen LogP contribution is -2.48. The van der Waals surface area contributed by atoms with Crippen molar-refractivity contribution in [3.8, 4) is 0 Å². The van der Waals surface area contributed by atoms with E-state index in [0.717, 1.165) is 77.5 Å². The quantitative estimate of drug-likeness (QED) is 0.824. The number of ether oxygens (including phenoxy) is 1. The van der Waals surface area contributed by atoms with Crippen molar-refractivity contribution in [1.82, 2.24) is 9.80 Å². The van der Waals surface area contributed by atoms with Crippen LogP contribution >= 0.6 is 12.4 Å².